The second-order valence-electron chi connectivity index (χ2n) is 4.74. The van der Waals surface area contributed by atoms with Crippen LogP contribution in [0.3, 0.4) is 0 Å². The molecule has 75 valence electrons. The molecule has 0 aliphatic carbocycles. The molecule has 0 heterocycles. The van der Waals surface area contributed by atoms with Gasteiger partial charge < -0.3 is 0 Å². The first-order chi connectivity index (χ1) is 5.85. The molecule has 0 aliphatic rings. The van der Waals surface area contributed by atoms with Crippen LogP contribution in [0.25, 0.3) is 0 Å². The molecule has 1 heteroatoms. The minimum atomic E-state index is 0.247. The van der Waals surface area contributed by atoms with Crippen LogP contribution in [-0.2, 0) is 0 Å². The highest BCUT2D eigenvalue weighted by Crippen LogP contribution is 2.48. The van der Waals surface area contributed by atoms with Crippen LogP contribution >= 0.6 is 0 Å². The molecule has 0 N–H and O–H groups in total. The Bertz CT molecular complexity index is 182. The number of hydrogen-bond donors (Lipinski definition) is 0. The zero-order valence-corrected chi connectivity index (χ0v) is 10.2. The predicted molar refractivity (Wildman–Crippen MR) is 63.2 cm³/mol. The Morgan fingerprint density at radius 1 is 1.15 bits per heavy atom. The van der Waals surface area contributed by atoms with E-state index in [1.807, 2.05) is 0 Å². The van der Waals surface area contributed by atoms with Crippen molar-refractivity contribution in [1.29, 1.82) is 0 Å². The molecule has 13 heavy (non-hydrogen) atoms. The van der Waals surface area contributed by atoms with E-state index >= 15 is 0 Å². The maximum Gasteiger partial charge on any atom is 0.142 e. The highest BCUT2D eigenvalue weighted by Gasteiger charge is 2.39. The van der Waals surface area contributed by atoms with Crippen LogP contribution in [0.2, 0.25) is 6.82 Å². The van der Waals surface area contributed by atoms with Gasteiger partial charge in [-0.3, -0.25) is 0 Å². The van der Waals surface area contributed by atoms with E-state index in [9.17, 15) is 0 Å². The van der Waals surface area contributed by atoms with Crippen LogP contribution in [0, 0.1) is 10.8 Å². The van der Waals surface area contributed by atoms with Crippen LogP contribution in [0.5, 0.6) is 0 Å². The van der Waals surface area contributed by atoms with Crippen molar-refractivity contribution in [1.82, 2.24) is 0 Å². The van der Waals surface area contributed by atoms with Crippen molar-refractivity contribution < 1.29 is 0 Å². The Kier molecular flexibility index (Phi) is 4.28. The van der Waals surface area contributed by atoms with Gasteiger partial charge in [-0.05, 0) is 17.3 Å². The summed E-state index contributed by atoms with van der Waals surface area (Å²) < 4.78 is 0. The Hall–Kier alpha value is -0.195. The van der Waals surface area contributed by atoms with Gasteiger partial charge in [-0.2, -0.15) is 0 Å². The monoisotopic (exact) mass is 179 g/mol. The van der Waals surface area contributed by atoms with Gasteiger partial charge in [0.15, 0.2) is 0 Å². The molecule has 1 unspecified atom stereocenters. The normalized spacial score (nSPS) is 16.5. The molecule has 0 saturated heterocycles. The van der Waals surface area contributed by atoms with Crippen molar-refractivity contribution in [3.8, 4) is 0 Å². The third-order valence-corrected chi connectivity index (χ3v) is 4.14. The van der Waals surface area contributed by atoms with E-state index in [0.29, 0.717) is 5.41 Å². The number of hydrogen-bond acceptors (Lipinski definition) is 0. The molecule has 0 spiro atoms. The number of allylic oxidation sites excluding steroid dienone is 1. The first kappa shape index (κ1) is 12.8. The molecular weight excluding hydrogens is 155 g/mol. The smallest absolute Gasteiger partial charge is 0.110 e. The molecule has 0 rings (SSSR count). The van der Waals surface area contributed by atoms with Gasteiger partial charge in [0, 0.05) is 0 Å². The second kappa shape index (κ2) is 4.35. The first-order valence-electron chi connectivity index (χ1n) is 5.34. The Labute approximate surface area is 85.1 Å². The zero-order valence-electron chi connectivity index (χ0n) is 10.2. The molecule has 0 aromatic rings. The summed E-state index contributed by atoms with van der Waals surface area (Å²) in [5.41, 5.74) is 1.86. The fourth-order valence-electron chi connectivity index (χ4n) is 1.85. The van der Waals surface area contributed by atoms with Gasteiger partial charge in [0.05, 0.1) is 0 Å². The van der Waals surface area contributed by atoms with E-state index in [4.69, 9.17) is 0 Å². The fourth-order valence-corrected chi connectivity index (χ4v) is 1.85. The van der Waals surface area contributed by atoms with E-state index < -0.39 is 0 Å². The Morgan fingerprint density at radius 3 is 1.85 bits per heavy atom. The third kappa shape index (κ3) is 2.18. The van der Waals surface area contributed by atoms with Crippen LogP contribution in [0.15, 0.2) is 12.1 Å². The lowest BCUT2D eigenvalue weighted by atomic mass is 9.50. The summed E-state index contributed by atoms with van der Waals surface area (Å²) in [5.74, 6) is 0. The molecule has 0 saturated carbocycles. The van der Waals surface area contributed by atoms with Gasteiger partial charge in [0.1, 0.15) is 7.28 Å². The molecule has 0 nitrogen and oxygen atoms in total. The lowest BCUT2D eigenvalue weighted by molar-refractivity contribution is 0.127. The van der Waals surface area contributed by atoms with Crippen molar-refractivity contribution in [3.05, 3.63) is 12.1 Å². The van der Waals surface area contributed by atoms with Gasteiger partial charge in [0.25, 0.3) is 0 Å². The van der Waals surface area contributed by atoms with E-state index in [1.165, 1.54) is 11.9 Å². The molecule has 0 bridgehead atoms. The fraction of sp³-hybridized carbons (Fsp3) is 0.833. The van der Waals surface area contributed by atoms with Crippen LogP contribution in [-0.4, -0.2) is 7.28 Å². The quantitative estimate of drug-likeness (QED) is 0.557. The van der Waals surface area contributed by atoms with Gasteiger partial charge in [0.2, 0.25) is 0 Å². The average molecular weight is 179 g/mol. The van der Waals surface area contributed by atoms with Gasteiger partial charge >= 0.3 is 0 Å². The topological polar surface area (TPSA) is 0 Å². The van der Waals surface area contributed by atoms with Crippen molar-refractivity contribution >= 4 is 7.28 Å². The van der Waals surface area contributed by atoms with Crippen molar-refractivity contribution in [2.24, 2.45) is 10.8 Å². The predicted octanol–water partition coefficient (Wildman–Crippen LogP) is 4.10. The summed E-state index contributed by atoms with van der Waals surface area (Å²) in [6.07, 6.45) is 2.36. The highest BCUT2D eigenvalue weighted by atomic mass is 14.4. The van der Waals surface area contributed by atoms with Gasteiger partial charge in [-0.15, -0.1) is 12.1 Å². The SMILES string of the molecule is C=C([B]C)C(C)(CC)C(C)(C)CC. The van der Waals surface area contributed by atoms with E-state index in [0.717, 1.165) is 6.42 Å². The third-order valence-electron chi connectivity index (χ3n) is 4.14. The first-order valence-corrected chi connectivity index (χ1v) is 5.34. The molecule has 0 amide bonds. The summed E-state index contributed by atoms with van der Waals surface area (Å²) in [4.78, 5) is 0. The van der Waals surface area contributed by atoms with Crippen LogP contribution < -0.4 is 0 Å². The highest BCUT2D eigenvalue weighted by molar-refractivity contribution is 6.43. The Balaban J connectivity index is 4.93. The largest absolute Gasteiger partial charge is 0.142 e. The lowest BCUT2D eigenvalue weighted by Crippen LogP contribution is -2.37. The second-order valence-corrected chi connectivity index (χ2v) is 4.74. The summed E-state index contributed by atoms with van der Waals surface area (Å²) in [6, 6.07) is 0. The molecule has 0 fully saturated rings. The standard InChI is InChI=1S/C12H24B/c1-8-11(4,5)12(6,9-2)10(3)13-7/h3,8-9H2,1-2,4-7H3. The summed E-state index contributed by atoms with van der Waals surface area (Å²) in [5, 5.41) is 0. The maximum atomic E-state index is 4.17. The minimum absolute atomic E-state index is 0.247. The molecule has 1 atom stereocenters. The molecule has 0 aromatic carbocycles. The van der Waals surface area contributed by atoms with Gasteiger partial charge in [-0.25, -0.2) is 0 Å². The maximum absolute atomic E-state index is 4.17. The van der Waals surface area contributed by atoms with E-state index in [-0.39, 0.29) is 5.41 Å². The summed E-state index contributed by atoms with van der Waals surface area (Å²) in [6.45, 7) is 17.8. The van der Waals surface area contributed by atoms with Crippen LogP contribution in [0.4, 0.5) is 0 Å². The molecule has 1 radical (unpaired) electrons. The average Bonchev–Trinajstić information content (AvgIpc) is 2.14. The van der Waals surface area contributed by atoms with Crippen molar-refractivity contribution in [2.45, 2.75) is 54.3 Å². The lowest BCUT2D eigenvalue weighted by Gasteiger charge is -2.45. The summed E-state index contributed by atoms with van der Waals surface area (Å²) >= 11 is 0. The van der Waals surface area contributed by atoms with Crippen LogP contribution in [0.1, 0.15) is 47.5 Å². The van der Waals surface area contributed by atoms with E-state index in [2.05, 4.69) is 55.3 Å². The summed E-state index contributed by atoms with van der Waals surface area (Å²) in [7, 11) is 2.15. The van der Waals surface area contributed by atoms with Gasteiger partial charge in [-0.1, -0.05) is 47.9 Å². The minimum Gasteiger partial charge on any atom is -0.110 e. The Morgan fingerprint density at radius 2 is 1.62 bits per heavy atom. The number of rotatable bonds is 5. The zero-order chi connectivity index (χ0) is 10.7. The van der Waals surface area contributed by atoms with Crippen molar-refractivity contribution in [2.75, 3.05) is 0 Å². The van der Waals surface area contributed by atoms with E-state index in [1.54, 1.807) is 0 Å². The molecular formula is C12H24B. The molecule has 0 aliphatic heterocycles. The van der Waals surface area contributed by atoms with Crippen molar-refractivity contribution in [3.63, 3.8) is 0 Å². The molecule has 0 aromatic heterocycles.